The first kappa shape index (κ1) is 17.5. The molecule has 2 heteroatoms. The van der Waals surface area contributed by atoms with E-state index in [1.165, 1.54) is 27.1 Å². The highest BCUT2D eigenvalue weighted by Crippen LogP contribution is 2.32. The molecule has 0 saturated carbocycles. The maximum absolute atomic E-state index is 11.5. The molecular weight excluding hydrogens is 308 g/mol. The SMILES string of the molecule is CCOC(=O)CCCC(C)(C)c1ccc2cc3ccccc3cc2c1. The van der Waals surface area contributed by atoms with Crippen LogP contribution in [0, 0.1) is 0 Å². The van der Waals surface area contributed by atoms with Crippen LogP contribution in [0.1, 0.15) is 45.6 Å². The molecule has 3 aromatic carbocycles. The van der Waals surface area contributed by atoms with E-state index >= 15 is 0 Å². The van der Waals surface area contributed by atoms with Crippen molar-refractivity contribution in [1.29, 1.82) is 0 Å². The van der Waals surface area contributed by atoms with E-state index in [-0.39, 0.29) is 11.4 Å². The predicted molar refractivity (Wildman–Crippen MR) is 105 cm³/mol. The average molecular weight is 334 g/mol. The lowest BCUT2D eigenvalue weighted by Crippen LogP contribution is -2.17. The van der Waals surface area contributed by atoms with Gasteiger partial charge in [0.15, 0.2) is 0 Å². The standard InChI is InChI=1S/C23H26O2/c1-4-25-22(24)10-7-13-23(2,3)21-12-11-19-14-17-8-5-6-9-18(17)15-20(19)16-21/h5-6,8-9,11-12,14-16H,4,7,10,13H2,1-3H3. The highest BCUT2D eigenvalue weighted by atomic mass is 16.5. The van der Waals surface area contributed by atoms with Gasteiger partial charge in [-0.15, -0.1) is 0 Å². The Morgan fingerprint density at radius 3 is 2.24 bits per heavy atom. The lowest BCUT2D eigenvalue weighted by atomic mass is 9.79. The molecule has 0 fully saturated rings. The summed E-state index contributed by atoms with van der Waals surface area (Å²) in [4.78, 5) is 11.5. The number of benzene rings is 3. The van der Waals surface area contributed by atoms with Gasteiger partial charge in [0.25, 0.3) is 0 Å². The molecule has 0 atom stereocenters. The van der Waals surface area contributed by atoms with E-state index in [4.69, 9.17) is 4.74 Å². The molecule has 0 heterocycles. The van der Waals surface area contributed by atoms with Crippen LogP contribution in [-0.2, 0) is 14.9 Å². The van der Waals surface area contributed by atoms with Crippen LogP contribution < -0.4 is 0 Å². The van der Waals surface area contributed by atoms with E-state index in [2.05, 4.69) is 68.4 Å². The van der Waals surface area contributed by atoms with Crippen molar-refractivity contribution in [1.82, 2.24) is 0 Å². The number of rotatable bonds is 6. The first-order chi connectivity index (χ1) is 12.0. The van der Waals surface area contributed by atoms with Crippen molar-refractivity contribution in [3.63, 3.8) is 0 Å². The summed E-state index contributed by atoms with van der Waals surface area (Å²) in [6.45, 7) is 6.81. The Kier molecular flexibility index (Phi) is 5.08. The fourth-order valence-electron chi connectivity index (χ4n) is 3.41. The lowest BCUT2D eigenvalue weighted by Gasteiger charge is -2.25. The molecule has 2 nitrogen and oxygen atoms in total. The van der Waals surface area contributed by atoms with E-state index in [0.717, 1.165) is 12.8 Å². The molecule has 0 bridgehead atoms. The monoisotopic (exact) mass is 334 g/mol. The van der Waals surface area contributed by atoms with E-state index in [1.807, 2.05) is 6.92 Å². The van der Waals surface area contributed by atoms with Gasteiger partial charge in [-0.05, 0) is 64.4 Å². The zero-order chi connectivity index (χ0) is 17.9. The Bertz CT molecular complexity index is 893. The first-order valence-corrected chi connectivity index (χ1v) is 9.08. The predicted octanol–water partition coefficient (Wildman–Crippen LogP) is 6.00. The van der Waals surface area contributed by atoms with Crippen LogP contribution in [0.15, 0.2) is 54.6 Å². The van der Waals surface area contributed by atoms with Gasteiger partial charge in [-0.1, -0.05) is 56.3 Å². The lowest BCUT2D eigenvalue weighted by molar-refractivity contribution is -0.143. The number of carbonyl (C=O) groups is 1. The second-order valence-corrected chi connectivity index (χ2v) is 7.30. The van der Waals surface area contributed by atoms with E-state index in [0.29, 0.717) is 13.0 Å². The molecule has 3 rings (SSSR count). The highest BCUT2D eigenvalue weighted by molar-refractivity contribution is 5.98. The molecule has 3 aromatic rings. The van der Waals surface area contributed by atoms with Crippen molar-refractivity contribution in [2.45, 2.75) is 45.4 Å². The molecule has 0 aliphatic carbocycles. The van der Waals surface area contributed by atoms with E-state index in [1.54, 1.807) is 0 Å². The zero-order valence-electron chi connectivity index (χ0n) is 15.3. The third-order valence-electron chi connectivity index (χ3n) is 4.97. The maximum Gasteiger partial charge on any atom is 0.305 e. The normalized spacial score (nSPS) is 11.8. The van der Waals surface area contributed by atoms with Gasteiger partial charge < -0.3 is 4.74 Å². The molecule has 0 aliphatic rings. The molecule has 0 aliphatic heterocycles. The van der Waals surface area contributed by atoms with Crippen LogP contribution in [-0.4, -0.2) is 12.6 Å². The average Bonchev–Trinajstić information content (AvgIpc) is 2.59. The van der Waals surface area contributed by atoms with Gasteiger partial charge in [-0.2, -0.15) is 0 Å². The summed E-state index contributed by atoms with van der Waals surface area (Å²) in [6.07, 6.45) is 2.31. The van der Waals surface area contributed by atoms with E-state index < -0.39 is 0 Å². The Labute approximate surface area is 149 Å². The van der Waals surface area contributed by atoms with Crippen LogP contribution >= 0.6 is 0 Å². The number of carbonyl (C=O) groups excluding carboxylic acids is 1. The Morgan fingerprint density at radius 1 is 0.920 bits per heavy atom. The van der Waals surface area contributed by atoms with Crippen LogP contribution in [0.3, 0.4) is 0 Å². The molecular formula is C23H26O2. The van der Waals surface area contributed by atoms with Crippen LogP contribution in [0.5, 0.6) is 0 Å². The Hall–Kier alpha value is -2.35. The minimum absolute atomic E-state index is 0.0341. The number of hydrogen-bond donors (Lipinski definition) is 0. The van der Waals surface area contributed by atoms with Gasteiger partial charge in [0.2, 0.25) is 0 Å². The molecule has 130 valence electrons. The van der Waals surface area contributed by atoms with Crippen molar-refractivity contribution in [3.05, 3.63) is 60.2 Å². The first-order valence-electron chi connectivity index (χ1n) is 9.08. The molecule has 0 unspecified atom stereocenters. The van der Waals surface area contributed by atoms with Gasteiger partial charge in [-0.25, -0.2) is 0 Å². The van der Waals surface area contributed by atoms with Crippen molar-refractivity contribution >= 4 is 27.5 Å². The third kappa shape index (κ3) is 4.01. The van der Waals surface area contributed by atoms with Crippen LogP contribution in [0.25, 0.3) is 21.5 Å². The van der Waals surface area contributed by atoms with Crippen LogP contribution in [0.4, 0.5) is 0 Å². The largest absolute Gasteiger partial charge is 0.466 e. The number of fused-ring (bicyclic) bond motifs is 2. The van der Waals surface area contributed by atoms with Gasteiger partial charge in [0, 0.05) is 6.42 Å². The zero-order valence-corrected chi connectivity index (χ0v) is 15.3. The van der Waals surface area contributed by atoms with Gasteiger partial charge in [-0.3, -0.25) is 4.79 Å². The number of ether oxygens (including phenoxy) is 1. The summed E-state index contributed by atoms with van der Waals surface area (Å²) in [5.41, 5.74) is 1.35. The van der Waals surface area contributed by atoms with E-state index in [9.17, 15) is 4.79 Å². The number of esters is 1. The van der Waals surface area contributed by atoms with Crippen molar-refractivity contribution in [3.8, 4) is 0 Å². The molecule has 0 saturated heterocycles. The quantitative estimate of drug-likeness (QED) is 0.408. The minimum Gasteiger partial charge on any atom is -0.466 e. The minimum atomic E-state index is -0.0942. The summed E-state index contributed by atoms with van der Waals surface area (Å²) in [5, 5.41) is 5.09. The summed E-state index contributed by atoms with van der Waals surface area (Å²) < 4.78 is 5.02. The summed E-state index contributed by atoms with van der Waals surface area (Å²) in [6, 6.07) is 19.7. The van der Waals surface area contributed by atoms with Crippen molar-refractivity contribution in [2.24, 2.45) is 0 Å². The van der Waals surface area contributed by atoms with Gasteiger partial charge in [0.05, 0.1) is 6.61 Å². The van der Waals surface area contributed by atoms with Crippen molar-refractivity contribution in [2.75, 3.05) is 6.61 Å². The molecule has 0 aromatic heterocycles. The molecule has 0 amide bonds. The molecule has 0 spiro atoms. The van der Waals surface area contributed by atoms with Crippen LogP contribution in [0.2, 0.25) is 0 Å². The summed E-state index contributed by atoms with van der Waals surface area (Å²) >= 11 is 0. The Morgan fingerprint density at radius 2 is 1.56 bits per heavy atom. The van der Waals surface area contributed by atoms with Crippen molar-refractivity contribution < 1.29 is 9.53 Å². The fraction of sp³-hybridized carbons (Fsp3) is 0.348. The fourth-order valence-corrected chi connectivity index (χ4v) is 3.41. The summed E-state index contributed by atoms with van der Waals surface area (Å²) in [7, 11) is 0. The second-order valence-electron chi connectivity index (χ2n) is 7.30. The summed E-state index contributed by atoms with van der Waals surface area (Å²) in [5.74, 6) is -0.0942. The Balaban J connectivity index is 1.81. The molecule has 0 radical (unpaired) electrons. The van der Waals surface area contributed by atoms with Gasteiger partial charge >= 0.3 is 5.97 Å². The third-order valence-corrected chi connectivity index (χ3v) is 4.97. The second kappa shape index (κ2) is 7.26. The molecule has 0 N–H and O–H groups in total. The smallest absolute Gasteiger partial charge is 0.305 e. The molecule has 25 heavy (non-hydrogen) atoms. The number of hydrogen-bond acceptors (Lipinski definition) is 2. The highest BCUT2D eigenvalue weighted by Gasteiger charge is 2.21. The van der Waals surface area contributed by atoms with Gasteiger partial charge in [0.1, 0.15) is 0 Å². The topological polar surface area (TPSA) is 26.3 Å². The maximum atomic E-state index is 11.5.